The van der Waals surface area contributed by atoms with Gasteiger partial charge in [0.25, 0.3) is 0 Å². The molecule has 5 heteroatoms. The number of methoxy groups -OCH3 is 1. The number of nitriles is 1. The summed E-state index contributed by atoms with van der Waals surface area (Å²) < 4.78 is 6.02. The molecule has 19 heavy (non-hydrogen) atoms. The van der Waals surface area contributed by atoms with E-state index in [1.807, 2.05) is 30.3 Å². The highest BCUT2D eigenvalue weighted by Crippen LogP contribution is 2.23. The predicted octanol–water partition coefficient (Wildman–Crippen LogP) is 3.53. The molecule has 4 nitrogen and oxygen atoms in total. The number of hydrogen-bond acceptors (Lipinski definition) is 4. The minimum absolute atomic E-state index is 0.453. The summed E-state index contributed by atoms with van der Waals surface area (Å²) in [6, 6.07) is 11.1. The van der Waals surface area contributed by atoms with Crippen molar-refractivity contribution in [3.8, 4) is 11.8 Å². The maximum Gasteiger partial charge on any atom is 0.140 e. The van der Waals surface area contributed by atoms with Gasteiger partial charge >= 0.3 is 0 Å². The van der Waals surface area contributed by atoms with Crippen LogP contribution in [0.15, 0.2) is 47.2 Å². The molecule has 2 rings (SSSR count). The van der Waals surface area contributed by atoms with Crippen molar-refractivity contribution in [3.05, 3.63) is 52.8 Å². The average Bonchev–Trinajstić information content (AvgIpc) is 2.45. The number of nitrogens with one attached hydrogen (secondary N) is 1. The van der Waals surface area contributed by atoms with Crippen molar-refractivity contribution in [3.63, 3.8) is 0 Å². The smallest absolute Gasteiger partial charge is 0.140 e. The number of aromatic nitrogens is 1. The molecular formula is C14H12BrN3O. The SMILES string of the molecule is COc1cccc([C@H](C#N)Nc2cncc(Br)c2)c1. The summed E-state index contributed by atoms with van der Waals surface area (Å²) >= 11 is 3.35. The van der Waals surface area contributed by atoms with Crippen molar-refractivity contribution < 1.29 is 4.74 Å². The van der Waals surface area contributed by atoms with Crippen molar-refractivity contribution in [2.24, 2.45) is 0 Å². The maximum absolute atomic E-state index is 9.29. The maximum atomic E-state index is 9.29. The fourth-order valence-electron chi connectivity index (χ4n) is 1.67. The van der Waals surface area contributed by atoms with Gasteiger partial charge in [0.1, 0.15) is 11.8 Å². The van der Waals surface area contributed by atoms with Crippen molar-refractivity contribution in [1.29, 1.82) is 5.26 Å². The molecule has 0 saturated heterocycles. The normalized spacial score (nSPS) is 11.4. The Hall–Kier alpha value is -2.06. The summed E-state index contributed by atoms with van der Waals surface area (Å²) in [4.78, 5) is 4.06. The zero-order valence-electron chi connectivity index (χ0n) is 10.3. The molecule has 2 aromatic rings. The van der Waals surface area contributed by atoms with Crippen LogP contribution in [0.3, 0.4) is 0 Å². The molecule has 96 valence electrons. The summed E-state index contributed by atoms with van der Waals surface area (Å²) in [5, 5.41) is 12.4. The van der Waals surface area contributed by atoms with E-state index in [9.17, 15) is 5.26 Å². The van der Waals surface area contributed by atoms with Gasteiger partial charge in [0, 0.05) is 10.7 Å². The van der Waals surface area contributed by atoms with Gasteiger partial charge < -0.3 is 10.1 Å². The van der Waals surface area contributed by atoms with Gasteiger partial charge in [-0.2, -0.15) is 5.26 Å². The van der Waals surface area contributed by atoms with Gasteiger partial charge in [-0.05, 0) is 39.7 Å². The Morgan fingerprint density at radius 1 is 1.37 bits per heavy atom. The number of nitrogens with zero attached hydrogens (tertiary/aromatic N) is 2. The van der Waals surface area contributed by atoms with Crippen LogP contribution in [0.2, 0.25) is 0 Å². The quantitative estimate of drug-likeness (QED) is 0.937. The van der Waals surface area contributed by atoms with Crippen LogP contribution >= 0.6 is 15.9 Å². The molecule has 0 aliphatic heterocycles. The zero-order valence-corrected chi connectivity index (χ0v) is 11.9. The lowest BCUT2D eigenvalue weighted by Gasteiger charge is -2.14. The summed E-state index contributed by atoms with van der Waals surface area (Å²) in [5.74, 6) is 0.729. The van der Waals surface area contributed by atoms with E-state index in [0.717, 1.165) is 21.5 Å². The molecule has 0 unspecified atom stereocenters. The second kappa shape index (κ2) is 6.21. The fraction of sp³-hybridized carbons (Fsp3) is 0.143. The molecular weight excluding hydrogens is 306 g/mol. The Labute approximate surface area is 120 Å². The van der Waals surface area contributed by atoms with E-state index in [1.165, 1.54) is 0 Å². The molecule has 0 aliphatic rings. The highest BCUT2D eigenvalue weighted by Gasteiger charge is 2.11. The third-order valence-electron chi connectivity index (χ3n) is 2.57. The van der Waals surface area contributed by atoms with Gasteiger partial charge in [-0.15, -0.1) is 0 Å². The average molecular weight is 318 g/mol. The largest absolute Gasteiger partial charge is 0.497 e. The monoisotopic (exact) mass is 317 g/mol. The van der Waals surface area contributed by atoms with Gasteiger partial charge in [0.15, 0.2) is 0 Å². The molecule has 1 aromatic carbocycles. The first-order valence-electron chi connectivity index (χ1n) is 5.63. The first-order valence-corrected chi connectivity index (χ1v) is 6.43. The van der Waals surface area contributed by atoms with Gasteiger partial charge in [0.2, 0.25) is 0 Å². The number of ether oxygens (including phenoxy) is 1. The molecule has 0 amide bonds. The van der Waals surface area contributed by atoms with E-state index in [2.05, 4.69) is 32.3 Å². The molecule has 0 radical (unpaired) electrons. The van der Waals surface area contributed by atoms with E-state index < -0.39 is 6.04 Å². The van der Waals surface area contributed by atoms with Crippen LogP contribution in [0, 0.1) is 11.3 Å². The van der Waals surface area contributed by atoms with Crippen molar-refractivity contribution in [2.75, 3.05) is 12.4 Å². The molecule has 0 aliphatic carbocycles. The number of hydrogen-bond donors (Lipinski definition) is 1. The van der Waals surface area contributed by atoms with Crippen LogP contribution in [0.4, 0.5) is 5.69 Å². The Morgan fingerprint density at radius 3 is 2.89 bits per heavy atom. The lowest BCUT2D eigenvalue weighted by molar-refractivity contribution is 0.414. The number of halogens is 1. The Bertz CT molecular complexity index is 610. The fourth-order valence-corrected chi connectivity index (χ4v) is 2.03. The summed E-state index contributed by atoms with van der Waals surface area (Å²) in [5.41, 5.74) is 1.63. The first-order chi connectivity index (χ1) is 9.22. The van der Waals surface area contributed by atoms with E-state index in [0.29, 0.717) is 0 Å². The predicted molar refractivity (Wildman–Crippen MR) is 76.9 cm³/mol. The molecule has 1 N–H and O–H groups in total. The van der Waals surface area contributed by atoms with Crippen LogP contribution in [0.5, 0.6) is 5.75 Å². The second-order valence-electron chi connectivity index (χ2n) is 3.87. The van der Waals surface area contributed by atoms with Crippen molar-refractivity contribution in [2.45, 2.75) is 6.04 Å². The topological polar surface area (TPSA) is 57.9 Å². The zero-order chi connectivity index (χ0) is 13.7. The third-order valence-corrected chi connectivity index (χ3v) is 3.01. The van der Waals surface area contributed by atoms with Crippen LogP contribution < -0.4 is 10.1 Å². The molecule has 1 heterocycles. The highest BCUT2D eigenvalue weighted by molar-refractivity contribution is 9.10. The van der Waals surface area contributed by atoms with Gasteiger partial charge in [-0.1, -0.05) is 12.1 Å². The van der Waals surface area contributed by atoms with Gasteiger partial charge in [-0.25, -0.2) is 0 Å². The van der Waals surface area contributed by atoms with Gasteiger partial charge in [-0.3, -0.25) is 4.98 Å². The van der Waals surface area contributed by atoms with E-state index in [1.54, 1.807) is 19.5 Å². The lowest BCUT2D eigenvalue weighted by atomic mass is 10.1. The molecule has 1 aromatic heterocycles. The van der Waals surface area contributed by atoms with Crippen LogP contribution in [-0.2, 0) is 0 Å². The molecule has 1 atom stereocenters. The highest BCUT2D eigenvalue weighted by atomic mass is 79.9. The van der Waals surface area contributed by atoms with Crippen molar-refractivity contribution >= 4 is 21.6 Å². The second-order valence-corrected chi connectivity index (χ2v) is 4.79. The van der Waals surface area contributed by atoms with Crippen LogP contribution in [-0.4, -0.2) is 12.1 Å². The Kier molecular flexibility index (Phi) is 4.37. The van der Waals surface area contributed by atoms with Crippen LogP contribution in [0.25, 0.3) is 0 Å². The molecule has 0 saturated carbocycles. The standard InChI is InChI=1S/C14H12BrN3O/c1-19-13-4-2-3-10(5-13)14(7-16)18-12-6-11(15)8-17-9-12/h2-6,8-9,14,18H,1H3/t14-/m0/s1. The number of rotatable bonds is 4. The number of anilines is 1. The number of benzene rings is 1. The van der Waals surface area contributed by atoms with Gasteiger partial charge in [0.05, 0.1) is 25.1 Å². The molecule has 0 spiro atoms. The lowest BCUT2D eigenvalue weighted by Crippen LogP contribution is -2.08. The van der Waals surface area contributed by atoms with Crippen LogP contribution in [0.1, 0.15) is 11.6 Å². The Balaban J connectivity index is 2.23. The summed E-state index contributed by atoms with van der Waals surface area (Å²) in [6.45, 7) is 0. The molecule has 0 fully saturated rings. The first kappa shape index (κ1) is 13.4. The van der Waals surface area contributed by atoms with E-state index >= 15 is 0 Å². The third kappa shape index (κ3) is 3.46. The summed E-state index contributed by atoms with van der Waals surface area (Å²) in [7, 11) is 1.60. The minimum Gasteiger partial charge on any atom is -0.497 e. The van der Waals surface area contributed by atoms with E-state index in [-0.39, 0.29) is 0 Å². The summed E-state index contributed by atoms with van der Waals surface area (Å²) in [6.07, 6.45) is 3.37. The van der Waals surface area contributed by atoms with Crippen molar-refractivity contribution in [1.82, 2.24) is 4.98 Å². The minimum atomic E-state index is -0.453. The Morgan fingerprint density at radius 2 is 2.21 bits per heavy atom. The molecule has 0 bridgehead atoms. The van der Waals surface area contributed by atoms with E-state index in [4.69, 9.17) is 4.74 Å². The number of pyridine rings is 1.